The highest BCUT2D eigenvalue weighted by Crippen LogP contribution is 2.26. The molecule has 3 nitrogen and oxygen atoms in total. The number of rotatable bonds is 4. The minimum Gasteiger partial charge on any atom is -0.369 e. The van der Waals surface area contributed by atoms with E-state index in [4.69, 9.17) is 5.73 Å². The predicted octanol–water partition coefficient (Wildman–Crippen LogP) is 1.05. The molecule has 0 saturated carbocycles. The summed E-state index contributed by atoms with van der Waals surface area (Å²) >= 11 is 0. The summed E-state index contributed by atoms with van der Waals surface area (Å²) in [7, 11) is 0. The number of nitrogens with two attached hydrogens (primary N) is 1. The summed E-state index contributed by atoms with van der Waals surface area (Å²) in [6.45, 7) is 5.62. The summed E-state index contributed by atoms with van der Waals surface area (Å²) < 4.78 is 0. The molecule has 1 aliphatic carbocycles. The fourth-order valence-corrected chi connectivity index (χ4v) is 2.24. The molecule has 3 N–H and O–H groups in total. The Morgan fingerprint density at radius 2 is 2.43 bits per heavy atom. The molecule has 1 amide bonds. The second-order valence-electron chi connectivity index (χ2n) is 4.39. The molecule has 0 heterocycles. The zero-order valence-electron chi connectivity index (χ0n) is 9.05. The van der Waals surface area contributed by atoms with Crippen molar-refractivity contribution in [1.29, 1.82) is 0 Å². The average Bonchev–Trinajstić information content (AvgIpc) is 2.01. The van der Waals surface area contributed by atoms with Gasteiger partial charge >= 0.3 is 0 Å². The number of carbonyl (C=O) groups excluding carboxylic acids is 1. The molecule has 80 valence electrons. The number of hydrogen-bond donors (Lipinski definition) is 2. The van der Waals surface area contributed by atoms with Crippen LogP contribution in [0.4, 0.5) is 0 Å². The van der Waals surface area contributed by atoms with E-state index in [-0.39, 0.29) is 5.91 Å². The molecule has 0 saturated heterocycles. The molecule has 2 unspecified atom stereocenters. The standard InChI is InChI=1S/C11H20N2O/c1-8-3-9(2)5-10(4-8)6-13-7-11(12)14/h3,8,10,13H,4-7H2,1-2H3,(H2,12,14). The summed E-state index contributed by atoms with van der Waals surface area (Å²) in [5, 5.41) is 3.09. The molecular weight excluding hydrogens is 176 g/mol. The normalized spacial score (nSPS) is 27.1. The quantitative estimate of drug-likeness (QED) is 0.660. The maximum Gasteiger partial charge on any atom is 0.231 e. The first-order chi connectivity index (χ1) is 6.58. The second-order valence-corrected chi connectivity index (χ2v) is 4.39. The molecule has 0 aromatic heterocycles. The number of amides is 1. The highest BCUT2D eigenvalue weighted by atomic mass is 16.1. The van der Waals surface area contributed by atoms with Crippen LogP contribution >= 0.6 is 0 Å². The maximum absolute atomic E-state index is 10.5. The van der Waals surface area contributed by atoms with Crippen LogP contribution in [0.5, 0.6) is 0 Å². The van der Waals surface area contributed by atoms with Crippen LogP contribution in [0.2, 0.25) is 0 Å². The average molecular weight is 196 g/mol. The zero-order valence-corrected chi connectivity index (χ0v) is 9.05. The molecule has 0 spiro atoms. The Balaban J connectivity index is 2.26. The van der Waals surface area contributed by atoms with Crippen molar-refractivity contribution in [2.75, 3.05) is 13.1 Å². The zero-order chi connectivity index (χ0) is 10.6. The van der Waals surface area contributed by atoms with Gasteiger partial charge in [-0.3, -0.25) is 4.79 Å². The number of hydrogen-bond acceptors (Lipinski definition) is 2. The first kappa shape index (κ1) is 11.2. The molecule has 2 atom stereocenters. The van der Waals surface area contributed by atoms with Gasteiger partial charge in [0.1, 0.15) is 0 Å². The summed E-state index contributed by atoms with van der Waals surface area (Å²) in [6.07, 6.45) is 4.70. The van der Waals surface area contributed by atoms with Crippen LogP contribution in [0.1, 0.15) is 26.7 Å². The van der Waals surface area contributed by atoms with E-state index in [1.807, 2.05) is 0 Å². The number of primary amides is 1. The van der Waals surface area contributed by atoms with E-state index in [1.165, 1.54) is 12.0 Å². The molecule has 0 fully saturated rings. The van der Waals surface area contributed by atoms with Gasteiger partial charge in [0.2, 0.25) is 5.91 Å². The summed E-state index contributed by atoms with van der Waals surface area (Å²) in [5.74, 6) is 1.06. The van der Waals surface area contributed by atoms with E-state index in [2.05, 4.69) is 25.2 Å². The van der Waals surface area contributed by atoms with Gasteiger partial charge in [0.05, 0.1) is 6.54 Å². The van der Waals surface area contributed by atoms with E-state index in [9.17, 15) is 4.79 Å². The highest BCUT2D eigenvalue weighted by molar-refractivity contribution is 5.75. The van der Waals surface area contributed by atoms with Gasteiger partial charge in [0, 0.05) is 0 Å². The maximum atomic E-state index is 10.5. The van der Waals surface area contributed by atoms with Gasteiger partial charge in [-0.25, -0.2) is 0 Å². The van der Waals surface area contributed by atoms with Crippen molar-refractivity contribution in [1.82, 2.24) is 5.32 Å². The van der Waals surface area contributed by atoms with Gasteiger partial charge in [-0.2, -0.15) is 0 Å². The summed E-state index contributed by atoms with van der Waals surface area (Å²) in [5.41, 5.74) is 6.52. The monoisotopic (exact) mass is 196 g/mol. The van der Waals surface area contributed by atoms with E-state index in [1.54, 1.807) is 0 Å². The Bertz CT molecular complexity index is 235. The minimum atomic E-state index is -0.277. The van der Waals surface area contributed by atoms with Crippen LogP contribution in [0.25, 0.3) is 0 Å². The topological polar surface area (TPSA) is 55.1 Å². The third-order valence-electron chi connectivity index (χ3n) is 2.62. The SMILES string of the molecule is CC1=CC(C)CC(CNCC(N)=O)C1. The van der Waals surface area contributed by atoms with Gasteiger partial charge in [-0.05, 0) is 38.1 Å². The lowest BCUT2D eigenvalue weighted by Crippen LogP contribution is -2.33. The van der Waals surface area contributed by atoms with Crippen molar-refractivity contribution in [2.24, 2.45) is 17.6 Å². The molecule has 0 aromatic carbocycles. The molecule has 0 radical (unpaired) electrons. The van der Waals surface area contributed by atoms with Gasteiger partial charge in [0.25, 0.3) is 0 Å². The third kappa shape index (κ3) is 3.92. The van der Waals surface area contributed by atoms with E-state index in [0.717, 1.165) is 13.0 Å². The van der Waals surface area contributed by atoms with Crippen molar-refractivity contribution in [3.05, 3.63) is 11.6 Å². The van der Waals surface area contributed by atoms with E-state index < -0.39 is 0 Å². The molecule has 0 aliphatic heterocycles. The number of carbonyl (C=O) groups is 1. The second kappa shape index (κ2) is 5.15. The van der Waals surface area contributed by atoms with Crippen LogP contribution in [0.15, 0.2) is 11.6 Å². The molecule has 0 bridgehead atoms. The van der Waals surface area contributed by atoms with Gasteiger partial charge < -0.3 is 11.1 Å². The highest BCUT2D eigenvalue weighted by Gasteiger charge is 2.17. The lowest BCUT2D eigenvalue weighted by atomic mass is 9.84. The molecule has 14 heavy (non-hydrogen) atoms. The third-order valence-corrected chi connectivity index (χ3v) is 2.62. The largest absolute Gasteiger partial charge is 0.369 e. The summed E-state index contributed by atoms with van der Waals surface area (Å²) in [4.78, 5) is 10.5. The lowest BCUT2D eigenvalue weighted by Gasteiger charge is -2.25. The van der Waals surface area contributed by atoms with Crippen LogP contribution in [-0.2, 0) is 4.79 Å². The first-order valence-corrected chi connectivity index (χ1v) is 5.24. The summed E-state index contributed by atoms with van der Waals surface area (Å²) in [6, 6.07) is 0. The Kier molecular flexibility index (Phi) is 4.14. The van der Waals surface area contributed by atoms with Crippen LogP contribution < -0.4 is 11.1 Å². The molecular formula is C11H20N2O. The Hall–Kier alpha value is -0.830. The molecule has 1 aliphatic rings. The van der Waals surface area contributed by atoms with Crippen LogP contribution in [-0.4, -0.2) is 19.0 Å². The van der Waals surface area contributed by atoms with Crippen molar-refractivity contribution >= 4 is 5.91 Å². The van der Waals surface area contributed by atoms with E-state index in [0.29, 0.717) is 18.4 Å². The van der Waals surface area contributed by atoms with Crippen molar-refractivity contribution in [2.45, 2.75) is 26.7 Å². The molecule has 3 heteroatoms. The van der Waals surface area contributed by atoms with Gasteiger partial charge in [-0.1, -0.05) is 18.6 Å². The van der Waals surface area contributed by atoms with Crippen molar-refractivity contribution < 1.29 is 4.79 Å². The van der Waals surface area contributed by atoms with Crippen molar-refractivity contribution in [3.8, 4) is 0 Å². The predicted molar refractivity (Wildman–Crippen MR) is 57.7 cm³/mol. The van der Waals surface area contributed by atoms with Crippen LogP contribution in [0.3, 0.4) is 0 Å². The minimum absolute atomic E-state index is 0.277. The fraction of sp³-hybridized carbons (Fsp3) is 0.727. The van der Waals surface area contributed by atoms with Gasteiger partial charge in [0.15, 0.2) is 0 Å². The molecule has 0 aromatic rings. The lowest BCUT2D eigenvalue weighted by molar-refractivity contribution is -0.117. The Morgan fingerprint density at radius 3 is 3.00 bits per heavy atom. The smallest absolute Gasteiger partial charge is 0.231 e. The Morgan fingerprint density at radius 1 is 1.71 bits per heavy atom. The first-order valence-electron chi connectivity index (χ1n) is 5.24. The number of nitrogens with one attached hydrogen (secondary N) is 1. The number of allylic oxidation sites excluding steroid dienone is 2. The Labute approximate surface area is 85.7 Å². The van der Waals surface area contributed by atoms with Crippen LogP contribution in [0, 0.1) is 11.8 Å². The van der Waals surface area contributed by atoms with E-state index >= 15 is 0 Å². The van der Waals surface area contributed by atoms with Crippen molar-refractivity contribution in [3.63, 3.8) is 0 Å². The molecule has 1 rings (SSSR count). The van der Waals surface area contributed by atoms with Gasteiger partial charge in [-0.15, -0.1) is 0 Å². The fourth-order valence-electron chi connectivity index (χ4n) is 2.24.